The fraction of sp³-hybridized carbons (Fsp3) is 0.667. The molecular weight excluding hydrogens is 524 g/mol. The Balaban J connectivity index is 1.37. The SMILES string of the molecule is CCCCc1ccc(N)c2c1C(=O)N(C1CCC(CN3C(=O)N(COCC[Si](C)(C)C)C(=O)C3(C)C)CC1)C2=O. The van der Waals surface area contributed by atoms with Crippen molar-refractivity contribution in [3.05, 3.63) is 28.8 Å². The molecule has 1 saturated heterocycles. The molecule has 2 N–H and O–H groups in total. The zero-order valence-corrected chi connectivity index (χ0v) is 26.0. The molecule has 0 spiro atoms. The molecule has 10 heteroatoms. The van der Waals surface area contributed by atoms with Gasteiger partial charge in [-0.15, -0.1) is 0 Å². The molecule has 2 fully saturated rings. The summed E-state index contributed by atoms with van der Waals surface area (Å²) in [5, 5.41) is 0. The molecule has 1 aromatic carbocycles. The van der Waals surface area contributed by atoms with Crippen LogP contribution in [-0.4, -0.2) is 78.0 Å². The van der Waals surface area contributed by atoms with E-state index in [-0.39, 0.29) is 42.4 Å². The molecule has 2 heterocycles. The highest BCUT2D eigenvalue weighted by Gasteiger charge is 2.52. The molecule has 5 amide bonds. The lowest BCUT2D eigenvalue weighted by molar-refractivity contribution is -0.135. The van der Waals surface area contributed by atoms with Gasteiger partial charge in [0.15, 0.2) is 0 Å². The second kappa shape index (κ2) is 11.6. The number of fused-ring (bicyclic) bond motifs is 1. The third kappa shape index (κ3) is 5.84. The van der Waals surface area contributed by atoms with Gasteiger partial charge >= 0.3 is 6.03 Å². The molecule has 9 nitrogen and oxygen atoms in total. The van der Waals surface area contributed by atoms with Gasteiger partial charge < -0.3 is 15.4 Å². The summed E-state index contributed by atoms with van der Waals surface area (Å²) in [5.41, 5.74) is 7.33. The minimum absolute atomic E-state index is 0.0159. The fourth-order valence-corrected chi connectivity index (χ4v) is 6.85. The first kappa shape index (κ1) is 30.2. The molecule has 40 heavy (non-hydrogen) atoms. The number of nitrogen functional groups attached to an aromatic ring is 1. The summed E-state index contributed by atoms with van der Waals surface area (Å²) in [6.07, 6.45) is 5.55. The number of imide groups is 2. The van der Waals surface area contributed by atoms with Gasteiger partial charge in [-0.25, -0.2) is 9.69 Å². The van der Waals surface area contributed by atoms with Crippen LogP contribution in [0, 0.1) is 5.92 Å². The normalized spacial score (nSPS) is 23.0. The lowest BCUT2D eigenvalue weighted by Crippen LogP contribution is -2.48. The van der Waals surface area contributed by atoms with Gasteiger partial charge in [0.05, 0.1) is 11.1 Å². The summed E-state index contributed by atoms with van der Waals surface area (Å²) < 4.78 is 5.74. The van der Waals surface area contributed by atoms with Gasteiger partial charge in [-0.05, 0) is 76.0 Å². The minimum atomic E-state index is -1.27. The molecule has 4 rings (SSSR count). The molecule has 3 aliphatic rings. The molecular formula is C30H46N4O5Si. The number of hydrogen-bond acceptors (Lipinski definition) is 6. The maximum Gasteiger partial charge on any atom is 0.329 e. The van der Waals surface area contributed by atoms with E-state index in [2.05, 4.69) is 26.6 Å². The van der Waals surface area contributed by atoms with Crippen LogP contribution >= 0.6 is 0 Å². The molecule has 1 saturated carbocycles. The molecule has 0 atom stereocenters. The van der Waals surface area contributed by atoms with Crippen LogP contribution in [0.3, 0.4) is 0 Å². The summed E-state index contributed by atoms with van der Waals surface area (Å²) in [7, 11) is -1.27. The molecule has 1 aromatic rings. The summed E-state index contributed by atoms with van der Waals surface area (Å²) in [4.78, 5) is 57.6. The van der Waals surface area contributed by atoms with E-state index in [9.17, 15) is 19.2 Å². The average molecular weight is 571 g/mol. The predicted molar refractivity (Wildman–Crippen MR) is 158 cm³/mol. The van der Waals surface area contributed by atoms with Crippen molar-refractivity contribution in [3.63, 3.8) is 0 Å². The summed E-state index contributed by atoms with van der Waals surface area (Å²) >= 11 is 0. The first-order valence-corrected chi connectivity index (χ1v) is 18.5. The van der Waals surface area contributed by atoms with Gasteiger partial charge in [0, 0.05) is 33.0 Å². The molecule has 0 radical (unpaired) electrons. The highest BCUT2D eigenvalue weighted by atomic mass is 28.3. The molecule has 0 bridgehead atoms. The first-order valence-electron chi connectivity index (χ1n) is 14.8. The van der Waals surface area contributed by atoms with Gasteiger partial charge in [-0.1, -0.05) is 39.1 Å². The van der Waals surface area contributed by atoms with Gasteiger partial charge in [-0.2, -0.15) is 0 Å². The van der Waals surface area contributed by atoms with Crippen molar-refractivity contribution in [2.45, 2.75) is 103 Å². The Labute approximate surface area is 239 Å². The van der Waals surface area contributed by atoms with Gasteiger partial charge in [-0.3, -0.25) is 19.3 Å². The molecule has 1 aliphatic carbocycles. The number of ether oxygens (including phenoxy) is 1. The number of nitrogens with two attached hydrogens (primary N) is 1. The number of anilines is 1. The van der Waals surface area contributed by atoms with Crippen LogP contribution in [0.1, 0.15) is 85.6 Å². The number of aryl methyl sites for hydroxylation is 1. The highest BCUT2D eigenvalue weighted by molar-refractivity contribution is 6.76. The van der Waals surface area contributed by atoms with Crippen LogP contribution in [0.25, 0.3) is 0 Å². The summed E-state index contributed by atoms with van der Waals surface area (Å²) in [6.45, 7) is 13.5. The van der Waals surface area contributed by atoms with E-state index in [1.54, 1.807) is 24.8 Å². The zero-order chi connectivity index (χ0) is 29.4. The molecule has 220 valence electrons. The topological polar surface area (TPSA) is 113 Å². The van der Waals surface area contributed by atoms with E-state index in [1.807, 2.05) is 6.07 Å². The van der Waals surface area contributed by atoms with Crippen LogP contribution < -0.4 is 5.73 Å². The third-order valence-electron chi connectivity index (χ3n) is 8.73. The van der Waals surface area contributed by atoms with E-state index in [1.165, 1.54) is 9.80 Å². The minimum Gasteiger partial charge on any atom is -0.398 e. The summed E-state index contributed by atoms with van der Waals surface area (Å²) in [6, 6.07) is 4.10. The Hall–Kier alpha value is -2.72. The number of rotatable bonds is 11. The van der Waals surface area contributed by atoms with Gasteiger partial charge in [0.1, 0.15) is 12.3 Å². The van der Waals surface area contributed by atoms with Crippen molar-refractivity contribution < 1.29 is 23.9 Å². The largest absolute Gasteiger partial charge is 0.398 e. The van der Waals surface area contributed by atoms with E-state index >= 15 is 0 Å². The Kier molecular flexibility index (Phi) is 8.80. The van der Waals surface area contributed by atoms with E-state index < -0.39 is 13.6 Å². The lowest BCUT2D eigenvalue weighted by atomic mass is 9.84. The fourth-order valence-electron chi connectivity index (χ4n) is 6.09. The third-order valence-corrected chi connectivity index (χ3v) is 10.4. The number of hydrogen-bond donors (Lipinski definition) is 1. The molecule has 2 aliphatic heterocycles. The standard InChI is InChI=1S/C30H46N4O5Si/c1-7-8-9-21-12-15-23(31)25-24(21)26(35)34(27(25)36)22-13-10-20(11-14-22)18-33-29(38)32(28(37)30(33,2)3)19-39-16-17-40(4,5)6/h12,15,20,22H,7-11,13-14,16-19,31H2,1-6H3. The van der Waals surface area contributed by atoms with Crippen molar-refractivity contribution >= 4 is 37.5 Å². The Morgan fingerprint density at radius 2 is 1.65 bits per heavy atom. The number of amides is 5. The Bertz CT molecular complexity index is 1170. The van der Waals surface area contributed by atoms with Crippen LogP contribution in [-0.2, 0) is 16.0 Å². The average Bonchev–Trinajstić information content (AvgIpc) is 3.24. The zero-order valence-electron chi connectivity index (χ0n) is 25.0. The van der Waals surface area contributed by atoms with Crippen LogP contribution in [0.5, 0.6) is 0 Å². The second-order valence-electron chi connectivity index (χ2n) is 13.4. The number of urea groups is 1. The predicted octanol–water partition coefficient (Wildman–Crippen LogP) is 5.12. The smallest absolute Gasteiger partial charge is 0.329 e. The maximum atomic E-state index is 13.5. The van der Waals surface area contributed by atoms with Crippen molar-refractivity contribution in [2.24, 2.45) is 5.92 Å². The van der Waals surface area contributed by atoms with Crippen molar-refractivity contribution in [2.75, 3.05) is 25.6 Å². The quantitative estimate of drug-likeness (QED) is 0.130. The van der Waals surface area contributed by atoms with Gasteiger partial charge in [0.25, 0.3) is 17.7 Å². The second-order valence-corrected chi connectivity index (χ2v) is 19.0. The molecule has 0 unspecified atom stereocenters. The van der Waals surface area contributed by atoms with E-state index in [0.29, 0.717) is 42.8 Å². The number of benzene rings is 1. The van der Waals surface area contributed by atoms with Crippen LogP contribution in [0.15, 0.2) is 12.1 Å². The van der Waals surface area contributed by atoms with Gasteiger partial charge in [0.2, 0.25) is 0 Å². The number of carbonyl (C=O) groups is 4. The lowest BCUT2D eigenvalue weighted by Gasteiger charge is -2.37. The van der Waals surface area contributed by atoms with E-state index in [4.69, 9.17) is 10.5 Å². The highest BCUT2D eigenvalue weighted by Crippen LogP contribution is 2.38. The number of unbranched alkanes of at least 4 members (excludes halogenated alkanes) is 1. The van der Waals surface area contributed by atoms with E-state index in [0.717, 1.165) is 43.7 Å². The van der Waals surface area contributed by atoms with Crippen LogP contribution in [0.2, 0.25) is 25.7 Å². The number of carbonyl (C=O) groups excluding carboxylic acids is 4. The Morgan fingerprint density at radius 3 is 2.27 bits per heavy atom. The monoisotopic (exact) mass is 570 g/mol. The molecule has 0 aromatic heterocycles. The first-order chi connectivity index (χ1) is 18.8. The maximum absolute atomic E-state index is 13.5. The Morgan fingerprint density at radius 1 is 1.00 bits per heavy atom. The van der Waals surface area contributed by atoms with Crippen molar-refractivity contribution in [3.8, 4) is 0 Å². The van der Waals surface area contributed by atoms with Crippen molar-refractivity contribution in [1.29, 1.82) is 0 Å². The number of nitrogens with zero attached hydrogens (tertiary/aromatic N) is 3. The van der Waals surface area contributed by atoms with Crippen molar-refractivity contribution in [1.82, 2.24) is 14.7 Å². The van der Waals surface area contributed by atoms with Crippen LogP contribution in [0.4, 0.5) is 10.5 Å². The summed E-state index contributed by atoms with van der Waals surface area (Å²) in [5.74, 6) is -0.569.